The van der Waals surface area contributed by atoms with Crippen LogP contribution in [0.3, 0.4) is 0 Å². The predicted octanol–water partition coefficient (Wildman–Crippen LogP) is -0.433. The molecule has 14 heavy (non-hydrogen) atoms. The highest BCUT2D eigenvalue weighted by Gasteiger charge is 2.03. The molecule has 7 nitrogen and oxygen atoms in total. The van der Waals surface area contributed by atoms with Crippen molar-refractivity contribution in [2.45, 2.75) is 0 Å². The molecule has 0 saturated carbocycles. The van der Waals surface area contributed by atoms with Crippen molar-refractivity contribution in [2.24, 2.45) is 0 Å². The Hall–Kier alpha value is -2.05. The lowest BCUT2D eigenvalue weighted by atomic mass is 10.6. The van der Waals surface area contributed by atoms with E-state index < -0.39 is 0 Å². The molecule has 0 aliphatic rings. The number of hydrazine groups is 1. The van der Waals surface area contributed by atoms with Crippen LogP contribution in [0.4, 0.5) is 5.95 Å². The molecule has 0 bridgehead atoms. The number of carbonyl (C=O) groups is 1. The van der Waals surface area contributed by atoms with Crippen LogP contribution >= 0.6 is 0 Å². The lowest BCUT2D eigenvalue weighted by Crippen LogP contribution is -2.21. The third-order valence-corrected chi connectivity index (χ3v) is 1.34. The Kier molecular flexibility index (Phi) is 3.48. The van der Waals surface area contributed by atoms with E-state index in [0.29, 0.717) is 18.2 Å². The summed E-state index contributed by atoms with van der Waals surface area (Å²) in [6, 6.07) is 1.52. The maximum absolute atomic E-state index is 10.00. The van der Waals surface area contributed by atoms with Gasteiger partial charge in [-0.15, -0.1) is 0 Å². The number of rotatable bonds is 5. The van der Waals surface area contributed by atoms with E-state index in [4.69, 9.17) is 9.47 Å². The summed E-state index contributed by atoms with van der Waals surface area (Å²) in [6.45, 7) is 0. The van der Waals surface area contributed by atoms with E-state index in [1.54, 1.807) is 0 Å². The summed E-state index contributed by atoms with van der Waals surface area (Å²) in [5.74, 6) is 0.868. The fraction of sp³-hybridized carbons (Fsp3) is 0.286. The molecule has 0 aliphatic carbocycles. The average molecular weight is 198 g/mol. The third kappa shape index (κ3) is 2.47. The molecule has 76 valence electrons. The van der Waals surface area contributed by atoms with Crippen molar-refractivity contribution >= 4 is 12.4 Å². The Morgan fingerprint density at radius 2 is 1.86 bits per heavy atom. The zero-order valence-corrected chi connectivity index (χ0v) is 7.77. The molecule has 1 aromatic rings. The van der Waals surface area contributed by atoms with Crippen molar-refractivity contribution < 1.29 is 14.3 Å². The Bertz CT molecular complexity index is 296. The maximum Gasteiger partial charge on any atom is 0.248 e. The third-order valence-electron chi connectivity index (χ3n) is 1.34. The second-order valence-corrected chi connectivity index (χ2v) is 2.16. The minimum absolute atomic E-state index is 0.188. The summed E-state index contributed by atoms with van der Waals surface area (Å²) in [5, 5.41) is 0. The number of hydrogen-bond donors (Lipinski definition) is 2. The maximum atomic E-state index is 10.00. The van der Waals surface area contributed by atoms with E-state index in [0.717, 1.165) is 0 Å². The number of anilines is 1. The monoisotopic (exact) mass is 198 g/mol. The van der Waals surface area contributed by atoms with Crippen molar-refractivity contribution in [1.82, 2.24) is 15.4 Å². The summed E-state index contributed by atoms with van der Waals surface area (Å²) in [5.41, 5.74) is 4.64. The molecule has 0 aromatic carbocycles. The van der Waals surface area contributed by atoms with E-state index in [2.05, 4.69) is 20.8 Å². The number of ether oxygens (including phenoxy) is 2. The normalized spacial score (nSPS) is 9.00. The molecule has 2 N–H and O–H groups in total. The SMILES string of the molecule is COc1cc(OC)nc(NNC=O)n1. The summed E-state index contributed by atoms with van der Waals surface area (Å²) in [6.07, 6.45) is 0.468. The number of nitrogens with one attached hydrogen (secondary N) is 2. The van der Waals surface area contributed by atoms with Gasteiger partial charge in [0.15, 0.2) is 0 Å². The summed E-state index contributed by atoms with van der Waals surface area (Å²) >= 11 is 0. The second kappa shape index (κ2) is 4.85. The summed E-state index contributed by atoms with van der Waals surface area (Å²) < 4.78 is 9.78. The standard InChI is InChI=1S/C7H10N4O3/c1-13-5-3-6(14-2)10-7(9-5)11-8-4-12/h3-4H,1-2H3,(H,8,12)(H,9,10,11). The molecule has 7 heteroatoms. The van der Waals surface area contributed by atoms with Gasteiger partial charge in [0.2, 0.25) is 24.1 Å². The Labute approximate surface area is 80.4 Å². The lowest BCUT2D eigenvalue weighted by Gasteiger charge is -2.06. The Morgan fingerprint density at radius 3 is 2.29 bits per heavy atom. The molecule has 1 rings (SSSR count). The first-order chi connectivity index (χ1) is 6.80. The van der Waals surface area contributed by atoms with Crippen LogP contribution in [0.25, 0.3) is 0 Å². The molecular formula is C7H10N4O3. The predicted molar refractivity (Wildman–Crippen MR) is 48.0 cm³/mol. The zero-order valence-electron chi connectivity index (χ0n) is 7.77. The first-order valence-electron chi connectivity index (χ1n) is 3.72. The van der Waals surface area contributed by atoms with E-state index in [-0.39, 0.29) is 5.95 Å². The van der Waals surface area contributed by atoms with Gasteiger partial charge in [-0.2, -0.15) is 9.97 Å². The molecule has 1 amide bonds. The lowest BCUT2D eigenvalue weighted by molar-refractivity contribution is -0.109. The van der Waals surface area contributed by atoms with E-state index in [9.17, 15) is 4.79 Å². The summed E-state index contributed by atoms with van der Waals surface area (Å²) in [4.78, 5) is 17.8. The minimum atomic E-state index is 0.188. The van der Waals surface area contributed by atoms with Crippen LogP contribution < -0.4 is 20.3 Å². The van der Waals surface area contributed by atoms with Gasteiger partial charge >= 0.3 is 0 Å². The molecule has 0 aliphatic heterocycles. The Morgan fingerprint density at radius 1 is 1.29 bits per heavy atom. The van der Waals surface area contributed by atoms with Crippen LogP contribution in [-0.4, -0.2) is 30.6 Å². The van der Waals surface area contributed by atoms with E-state index in [1.807, 2.05) is 0 Å². The quantitative estimate of drug-likeness (QED) is 0.493. The highest BCUT2D eigenvalue weighted by molar-refractivity contribution is 5.49. The molecular weight excluding hydrogens is 188 g/mol. The molecule has 0 fully saturated rings. The van der Waals surface area contributed by atoms with Crippen molar-refractivity contribution in [3.8, 4) is 11.8 Å². The topological polar surface area (TPSA) is 85.4 Å². The highest BCUT2D eigenvalue weighted by atomic mass is 16.5. The van der Waals surface area contributed by atoms with Gasteiger partial charge in [-0.3, -0.25) is 15.6 Å². The van der Waals surface area contributed by atoms with Gasteiger partial charge in [0.25, 0.3) is 0 Å². The number of amides is 1. The van der Waals surface area contributed by atoms with Crippen molar-refractivity contribution in [3.05, 3.63) is 6.07 Å². The fourth-order valence-electron chi connectivity index (χ4n) is 0.763. The van der Waals surface area contributed by atoms with Crippen LogP contribution in [0.1, 0.15) is 0 Å². The van der Waals surface area contributed by atoms with Gasteiger partial charge in [-0.25, -0.2) is 0 Å². The number of nitrogens with zero attached hydrogens (tertiary/aromatic N) is 2. The molecule has 1 heterocycles. The molecule has 0 saturated heterocycles. The van der Waals surface area contributed by atoms with Crippen LogP contribution in [0.5, 0.6) is 11.8 Å². The van der Waals surface area contributed by atoms with Gasteiger partial charge in [-0.05, 0) is 0 Å². The van der Waals surface area contributed by atoms with Crippen molar-refractivity contribution in [3.63, 3.8) is 0 Å². The average Bonchev–Trinajstić information content (AvgIpc) is 2.25. The zero-order chi connectivity index (χ0) is 10.4. The molecule has 1 aromatic heterocycles. The number of methoxy groups -OCH3 is 2. The highest BCUT2D eigenvalue weighted by Crippen LogP contribution is 2.16. The van der Waals surface area contributed by atoms with Crippen LogP contribution in [-0.2, 0) is 4.79 Å². The minimum Gasteiger partial charge on any atom is -0.481 e. The van der Waals surface area contributed by atoms with Crippen LogP contribution in [0.15, 0.2) is 6.07 Å². The van der Waals surface area contributed by atoms with Crippen molar-refractivity contribution in [1.29, 1.82) is 0 Å². The van der Waals surface area contributed by atoms with Crippen LogP contribution in [0.2, 0.25) is 0 Å². The number of aromatic nitrogens is 2. The van der Waals surface area contributed by atoms with E-state index in [1.165, 1.54) is 20.3 Å². The van der Waals surface area contributed by atoms with Crippen LogP contribution in [0, 0.1) is 0 Å². The number of hydrogen-bond acceptors (Lipinski definition) is 6. The first-order valence-corrected chi connectivity index (χ1v) is 3.72. The van der Waals surface area contributed by atoms with E-state index >= 15 is 0 Å². The first kappa shape index (κ1) is 10.0. The van der Waals surface area contributed by atoms with Crippen molar-refractivity contribution in [2.75, 3.05) is 19.6 Å². The molecule has 0 unspecified atom stereocenters. The molecule has 0 radical (unpaired) electrons. The Balaban J connectivity index is 2.86. The largest absolute Gasteiger partial charge is 0.481 e. The van der Waals surface area contributed by atoms with Gasteiger partial charge in [-0.1, -0.05) is 0 Å². The molecule has 0 spiro atoms. The summed E-state index contributed by atoms with van der Waals surface area (Å²) in [7, 11) is 2.94. The van der Waals surface area contributed by atoms with Gasteiger partial charge in [0, 0.05) is 0 Å². The number of carbonyl (C=O) groups excluding carboxylic acids is 1. The molecule has 0 atom stereocenters. The van der Waals surface area contributed by atoms with Gasteiger partial charge < -0.3 is 9.47 Å². The second-order valence-electron chi connectivity index (χ2n) is 2.16. The fourth-order valence-corrected chi connectivity index (χ4v) is 0.763. The van der Waals surface area contributed by atoms with Gasteiger partial charge in [0.05, 0.1) is 20.3 Å². The van der Waals surface area contributed by atoms with Gasteiger partial charge in [0.1, 0.15) is 0 Å². The smallest absolute Gasteiger partial charge is 0.248 e.